The molecule has 1 aliphatic rings. The Morgan fingerprint density at radius 1 is 1.04 bits per heavy atom. The predicted molar refractivity (Wildman–Crippen MR) is 97.2 cm³/mol. The van der Waals surface area contributed by atoms with Crippen LogP contribution in [0.4, 0.5) is 10.1 Å². The third-order valence-electron chi connectivity index (χ3n) is 4.93. The smallest absolute Gasteiger partial charge is 0.317 e. The molecule has 2 aromatic carbocycles. The van der Waals surface area contributed by atoms with Gasteiger partial charge in [0.2, 0.25) is 0 Å². The quantitative estimate of drug-likeness (QED) is 0.818. The summed E-state index contributed by atoms with van der Waals surface area (Å²) in [4.78, 5) is 25.2. The van der Waals surface area contributed by atoms with E-state index in [2.05, 4.69) is 5.32 Å². The average molecular weight is 355 g/mol. The molecule has 1 N–H and O–H groups in total. The van der Waals surface area contributed by atoms with Crippen molar-refractivity contribution in [1.82, 2.24) is 0 Å². The third-order valence-corrected chi connectivity index (χ3v) is 4.93. The third kappa shape index (κ3) is 3.62. The van der Waals surface area contributed by atoms with Crippen molar-refractivity contribution in [2.45, 2.75) is 44.1 Å². The fourth-order valence-corrected chi connectivity index (χ4v) is 3.50. The zero-order chi connectivity index (χ0) is 18.6. The SMILES string of the molecule is C[C@@H](OC(=O)C1(c2ccccc2F)CCCC1)C(=O)Nc1ccccc1. The summed E-state index contributed by atoms with van der Waals surface area (Å²) in [5, 5.41) is 2.71. The van der Waals surface area contributed by atoms with Crippen molar-refractivity contribution in [2.24, 2.45) is 0 Å². The number of hydrogen-bond donors (Lipinski definition) is 1. The summed E-state index contributed by atoms with van der Waals surface area (Å²) in [6, 6.07) is 15.3. The number of amides is 1. The van der Waals surface area contributed by atoms with Crippen LogP contribution < -0.4 is 5.32 Å². The molecule has 0 aromatic heterocycles. The van der Waals surface area contributed by atoms with E-state index in [0.29, 0.717) is 24.1 Å². The average Bonchev–Trinajstić information content (AvgIpc) is 3.14. The highest BCUT2D eigenvalue weighted by atomic mass is 19.1. The van der Waals surface area contributed by atoms with Crippen LogP contribution in [0.2, 0.25) is 0 Å². The highest BCUT2D eigenvalue weighted by molar-refractivity contribution is 5.96. The molecule has 0 heterocycles. The van der Waals surface area contributed by atoms with E-state index in [-0.39, 0.29) is 0 Å². The molecule has 1 saturated carbocycles. The van der Waals surface area contributed by atoms with Gasteiger partial charge in [-0.15, -0.1) is 0 Å². The topological polar surface area (TPSA) is 55.4 Å². The number of ether oxygens (including phenoxy) is 1. The van der Waals surface area contributed by atoms with Gasteiger partial charge in [-0.3, -0.25) is 9.59 Å². The van der Waals surface area contributed by atoms with Gasteiger partial charge in [-0.05, 0) is 38.0 Å². The van der Waals surface area contributed by atoms with Crippen LogP contribution in [-0.2, 0) is 19.7 Å². The van der Waals surface area contributed by atoms with Crippen LogP contribution in [0.5, 0.6) is 0 Å². The molecule has 1 aliphatic carbocycles. The first-order chi connectivity index (χ1) is 12.5. The Morgan fingerprint density at radius 3 is 2.31 bits per heavy atom. The highest BCUT2D eigenvalue weighted by Gasteiger charge is 2.46. The molecular formula is C21H22FNO3. The van der Waals surface area contributed by atoms with Gasteiger partial charge in [-0.2, -0.15) is 0 Å². The number of nitrogens with one attached hydrogen (secondary N) is 1. The number of carbonyl (C=O) groups is 2. The van der Waals surface area contributed by atoms with Crippen LogP contribution in [0.25, 0.3) is 0 Å². The number of esters is 1. The molecule has 1 fully saturated rings. The molecule has 1 amide bonds. The van der Waals surface area contributed by atoms with E-state index in [4.69, 9.17) is 4.74 Å². The van der Waals surface area contributed by atoms with E-state index in [9.17, 15) is 14.0 Å². The highest BCUT2D eigenvalue weighted by Crippen LogP contribution is 2.43. The lowest BCUT2D eigenvalue weighted by Crippen LogP contribution is -2.40. The summed E-state index contributed by atoms with van der Waals surface area (Å²) in [5.41, 5.74) is -0.0182. The second kappa shape index (κ2) is 7.68. The van der Waals surface area contributed by atoms with E-state index in [0.717, 1.165) is 12.8 Å². The van der Waals surface area contributed by atoms with Crippen LogP contribution in [0, 0.1) is 5.82 Å². The number of halogens is 1. The zero-order valence-corrected chi connectivity index (χ0v) is 14.7. The standard InChI is InChI=1S/C21H22FNO3/c1-15(19(24)23-16-9-3-2-4-10-16)26-20(25)21(13-7-8-14-21)17-11-5-6-12-18(17)22/h2-6,9-12,15H,7-8,13-14H2,1H3,(H,23,24)/t15-/m1/s1. The van der Waals surface area contributed by atoms with Gasteiger partial charge in [0, 0.05) is 11.3 Å². The Labute approximate surface area is 152 Å². The lowest BCUT2D eigenvalue weighted by Gasteiger charge is -2.29. The minimum absolute atomic E-state index is 0.359. The number of rotatable bonds is 5. The molecule has 4 nitrogen and oxygen atoms in total. The molecule has 3 rings (SSSR count). The van der Waals surface area contributed by atoms with Gasteiger partial charge in [-0.1, -0.05) is 49.2 Å². The van der Waals surface area contributed by atoms with E-state index < -0.39 is 29.2 Å². The fraction of sp³-hybridized carbons (Fsp3) is 0.333. The minimum Gasteiger partial charge on any atom is -0.452 e. The Bertz CT molecular complexity index is 785. The van der Waals surface area contributed by atoms with Crippen molar-refractivity contribution < 1.29 is 18.7 Å². The van der Waals surface area contributed by atoms with Crippen molar-refractivity contribution in [3.63, 3.8) is 0 Å². The molecule has 0 aliphatic heterocycles. The first kappa shape index (κ1) is 18.1. The lowest BCUT2D eigenvalue weighted by molar-refractivity contribution is -0.159. The van der Waals surface area contributed by atoms with Crippen molar-refractivity contribution in [2.75, 3.05) is 5.32 Å². The number of para-hydroxylation sites is 1. The lowest BCUT2D eigenvalue weighted by atomic mass is 9.78. The Kier molecular flexibility index (Phi) is 5.35. The van der Waals surface area contributed by atoms with Gasteiger partial charge in [0.25, 0.3) is 5.91 Å². The minimum atomic E-state index is -1.01. The number of benzene rings is 2. The number of carbonyl (C=O) groups excluding carboxylic acids is 2. The molecule has 0 spiro atoms. The maximum Gasteiger partial charge on any atom is 0.317 e. The Balaban J connectivity index is 1.74. The molecule has 0 radical (unpaired) electrons. The molecule has 0 unspecified atom stereocenters. The first-order valence-electron chi connectivity index (χ1n) is 8.85. The summed E-state index contributed by atoms with van der Waals surface area (Å²) in [5.74, 6) is -1.35. The van der Waals surface area contributed by atoms with Crippen LogP contribution in [0.3, 0.4) is 0 Å². The fourth-order valence-electron chi connectivity index (χ4n) is 3.50. The first-order valence-corrected chi connectivity index (χ1v) is 8.85. The van der Waals surface area contributed by atoms with Crippen LogP contribution >= 0.6 is 0 Å². The van der Waals surface area contributed by atoms with E-state index in [1.807, 2.05) is 6.07 Å². The van der Waals surface area contributed by atoms with Gasteiger partial charge in [0.15, 0.2) is 6.10 Å². The van der Waals surface area contributed by atoms with Crippen LogP contribution in [0.15, 0.2) is 54.6 Å². The normalized spacial score (nSPS) is 16.7. The van der Waals surface area contributed by atoms with Crippen molar-refractivity contribution in [3.8, 4) is 0 Å². The molecule has 5 heteroatoms. The monoisotopic (exact) mass is 355 g/mol. The maximum absolute atomic E-state index is 14.3. The van der Waals surface area contributed by atoms with Crippen molar-refractivity contribution >= 4 is 17.6 Å². The largest absolute Gasteiger partial charge is 0.452 e. The Hall–Kier alpha value is -2.69. The van der Waals surface area contributed by atoms with Crippen molar-refractivity contribution in [3.05, 3.63) is 66.0 Å². The Morgan fingerprint density at radius 2 is 1.65 bits per heavy atom. The summed E-state index contributed by atoms with van der Waals surface area (Å²) >= 11 is 0. The molecule has 136 valence electrons. The summed E-state index contributed by atoms with van der Waals surface area (Å²) in [6.07, 6.45) is 1.74. The second-order valence-corrected chi connectivity index (χ2v) is 6.67. The molecule has 1 atom stereocenters. The number of anilines is 1. The summed E-state index contributed by atoms with van der Waals surface area (Å²) < 4.78 is 19.8. The van der Waals surface area contributed by atoms with Gasteiger partial charge in [-0.25, -0.2) is 4.39 Å². The zero-order valence-electron chi connectivity index (χ0n) is 14.7. The maximum atomic E-state index is 14.3. The molecule has 26 heavy (non-hydrogen) atoms. The van der Waals surface area contributed by atoms with E-state index in [1.165, 1.54) is 13.0 Å². The van der Waals surface area contributed by atoms with Crippen LogP contribution in [0.1, 0.15) is 38.2 Å². The molecular weight excluding hydrogens is 333 g/mol. The van der Waals surface area contributed by atoms with Gasteiger partial charge >= 0.3 is 5.97 Å². The summed E-state index contributed by atoms with van der Waals surface area (Å²) in [6.45, 7) is 1.53. The predicted octanol–water partition coefficient (Wildman–Crippen LogP) is 4.21. The second-order valence-electron chi connectivity index (χ2n) is 6.67. The van der Waals surface area contributed by atoms with Gasteiger partial charge in [0.1, 0.15) is 5.82 Å². The van der Waals surface area contributed by atoms with E-state index in [1.54, 1.807) is 42.5 Å². The molecule has 2 aromatic rings. The molecule has 0 saturated heterocycles. The molecule has 0 bridgehead atoms. The van der Waals surface area contributed by atoms with Crippen LogP contribution in [-0.4, -0.2) is 18.0 Å². The van der Waals surface area contributed by atoms with Gasteiger partial charge in [0.05, 0.1) is 5.41 Å². The van der Waals surface area contributed by atoms with Gasteiger partial charge < -0.3 is 10.1 Å². The number of hydrogen-bond acceptors (Lipinski definition) is 3. The summed E-state index contributed by atoms with van der Waals surface area (Å²) in [7, 11) is 0. The van der Waals surface area contributed by atoms with Crippen molar-refractivity contribution in [1.29, 1.82) is 0 Å². The van der Waals surface area contributed by atoms with E-state index >= 15 is 0 Å².